The number of nitrogens with zero attached hydrogens (tertiary/aromatic N) is 5. The van der Waals surface area contributed by atoms with Crippen molar-refractivity contribution < 1.29 is 9.53 Å². The number of hydrogen-bond acceptors (Lipinski definition) is 6. The lowest BCUT2D eigenvalue weighted by Gasteiger charge is -2.36. The summed E-state index contributed by atoms with van der Waals surface area (Å²) in [7, 11) is 0. The largest absolute Gasteiger partial charge is 0.381 e. The molecule has 0 spiro atoms. The fourth-order valence-corrected chi connectivity index (χ4v) is 3.77. The molecular formula is C17H25N5O2. The molecule has 7 heteroatoms. The van der Waals surface area contributed by atoms with Crippen LogP contribution >= 0.6 is 0 Å². The van der Waals surface area contributed by atoms with Crippen LogP contribution in [0.3, 0.4) is 0 Å². The molecule has 4 rings (SSSR count). The molecule has 0 radical (unpaired) electrons. The molecule has 4 heterocycles. The van der Waals surface area contributed by atoms with Gasteiger partial charge in [0.2, 0.25) is 5.91 Å². The highest BCUT2D eigenvalue weighted by molar-refractivity contribution is 5.79. The van der Waals surface area contributed by atoms with E-state index in [1.807, 2.05) is 4.90 Å². The Morgan fingerprint density at radius 1 is 1.00 bits per heavy atom. The van der Waals surface area contributed by atoms with Gasteiger partial charge in [0.15, 0.2) is 0 Å². The zero-order chi connectivity index (χ0) is 16.4. The molecule has 0 saturated carbocycles. The monoisotopic (exact) mass is 331 g/mol. The van der Waals surface area contributed by atoms with Gasteiger partial charge in [0.25, 0.3) is 0 Å². The highest BCUT2D eigenvalue weighted by Gasteiger charge is 2.30. The van der Waals surface area contributed by atoms with Gasteiger partial charge in [-0.05, 0) is 19.3 Å². The second-order valence-corrected chi connectivity index (χ2v) is 6.80. The minimum absolute atomic E-state index is 0.0670. The molecule has 1 aromatic rings. The minimum atomic E-state index is 0.0670. The molecule has 7 nitrogen and oxygen atoms in total. The highest BCUT2D eigenvalue weighted by Crippen LogP contribution is 2.23. The quantitative estimate of drug-likeness (QED) is 0.815. The van der Waals surface area contributed by atoms with Crippen LogP contribution in [0.15, 0.2) is 12.4 Å². The normalized spacial score (nSPS) is 24.7. The van der Waals surface area contributed by atoms with Crippen molar-refractivity contribution >= 4 is 17.5 Å². The third kappa shape index (κ3) is 3.17. The van der Waals surface area contributed by atoms with Crippen molar-refractivity contribution in [3.05, 3.63) is 12.4 Å². The van der Waals surface area contributed by atoms with Crippen molar-refractivity contribution in [2.24, 2.45) is 5.92 Å². The van der Waals surface area contributed by atoms with E-state index in [0.717, 1.165) is 63.9 Å². The predicted molar refractivity (Wildman–Crippen MR) is 91.2 cm³/mol. The first kappa shape index (κ1) is 15.6. The molecule has 1 aromatic heterocycles. The molecule has 1 atom stereocenters. The van der Waals surface area contributed by atoms with Crippen LogP contribution in [0, 0.1) is 5.92 Å². The molecule has 0 aromatic carbocycles. The lowest BCUT2D eigenvalue weighted by molar-refractivity contribution is -0.135. The lowest BCUT2D eigenvalue weighted by atomic mass is 10.1. The number of carbonyl (C=O) groups is 1. The number of ether oxygens (including phenoxy) is 1. The first-order valence-corrected chi connectivity index (χ1v) is 9.00. The van der Waals surface area contributed by atoms with E-state index in [9.17, 15) is 4.79 Å². The molecule has 1 unspecified atom stereocenters. The number of amides is 1. The Labute approximate surface area is 142 Å². The molecular weight excluding hydrogens is 306 g/mol. The van der Waals surface area contributed by atoms with Gasteiger partial charge in [0, 0.05) is 51.9 Å². The van der Waals surface area contributed by atoms with E-state index in [2.05, 4.69) is 25.8 Å². The zero-order valence-corrected chi connectivity index (χ0v) is 14.1. The summed E-state index contributed by atoms with van der Waals surface area (Å²) in [5.74, 6) is 2.33. The van der Waals surface area contributed by atoms with Crippen LogP contribution in [-0.4, -0.2) is 73.3 Å². The van der Waals surface area contributed by atoms with E-state index in [4.69, 9.17) is 4.74 Å². The maximum atomic E-state index is 12.5. The van der Waals surface area contributed by atoms with Gasteiger partial charge in [-0.15, -0.1) is 0 Å². The van der Waals surface area contributed by atoms with Crippen molar-refractivity contribution in [2.75, 3.05) is 62.3 Å². The van der Waals surface area contributed by atoms with E-state index < -0.39 is 0 Å². The van der Waals surface area contributed by atoms with E-state index in [1.54, 1.807) is 6.33 Å². The molecule has 3 aliphatic rings. The van der Waals surface area contributed by atoms with Crippen molar-refractivity contribution in [2.45, 2.75) is 19.3 Å². The number of hydrogen-bond donors (Lipinski definition) is 0. The Bertz CT molecular complexity index is 576. The molecule has 0 aliphatic carbocycles. The number of carbonyl (C=O) groups excluding carboxylic acids is 1. The predicted octanol–water partition coefficient (Wildman–Crippen LogP) is 0.762. The van der Waals surface area contributed by atoms with Crippen LogP contribution in [0.5, 0.6) is 0 Å². The van der Waals surface area contributed by atoms with Gasteiger partial charge in [0.05, 0.1) is 12.5 Å². The van der Waals surface area contributed by atoms with Gasteiger partial charge in [-0.1, -0.05) is 0 Å². The summed E-state index contributed by atoms with van der Waals surface area (Å²) in [6.45, 7) is 6.66. The Balaban J connectivity index is 1.37. The summed E-state index contributed by atoms with van der Waals surface area (Å²) >= 11 is 0. The summed E-state index contributed by atoms with van der Waals surface area (Å²) in [5, 5.41) is 0. The topological polar surface area (TPSA) is 61.8 Å². The van der Waals surface area contributed by atoms with Crippen LogP contribution in [-0.2, 0) is 9.53 Å². The maximum absolute atomic E-state index is 12.5. The number of piperazine rings is 1. The summed E-state index contributed by atoms with van der Waals surface area (Å²) in [4.78, 5) is 27.9. The standard InChI is InChI=1S/C17H25N5O2/c23-17(14-3-10-24-12-14)22-8-6-21(7-9-22)16-11-15(18-13-19-16)20-4-1-2-5-20/h11,13-14H,1-10,12H2. The third-order valence-corrected chi connectivity index (χ3v) is 5.26. The minimum Gasteiger partial charge on any atom is -0.381 e. The molecule has 3 fully saturated rings. The Morgan fingerprint density at radius 3 is 2.29 bits per heavy atom. The summed E-state index contributed by atoms with van der Waals surface area (Å²) in [6.07, 6.45) is 5.01. The van der Waals surface area contributed by atoms with Gasteiger partial charge in [-0.25, -0.2) is 9.97 Å². The van der Waals surface area contributed by atoms with Gasteiger partial charge in [0.1, 0.15) is 18.0 Å². The molecule has 1 amide bonds. The average Bonchev–Trinajstić information content (AvgIpc) is 3.35. The van der Waals surface area contributed by atoms with Gasteiger partial charge < -0.3 is 19.4 Å². The van der Waals surface area contributed by atoms with Crippen LogP contribution in [0.4, 0.5) is 11.6 Å². The van der Waals surface area contributed by atoms with Crippen molar-refractivity contribution in [3.63, 3.8) is 0 Å². The Kier molecular flexibility index (Phi) is 4.51. The third-order valence-electron chi connectivity index (χ3n) is 5.26. The number of aromatic nitrogens is 2. The highest BCUT2D eigenvalue weighted by atomic mass is 16.5. The van der Waals surface area contributed by atoms with Gasteiger partial charge in [-0.2, -0.15) is 0 Å². The van der Waals surface area contributed by atoms with E-state index in [1.165, 1.54) is 12.8 Å². The first-order valence-electron chi connectivity index (χ1n) is 9.00. The summed E-state index contributed by atoms with van der Waals surface area (Å²) in [6, 6.07) is 2.09. The smallest absolute Gasteiger partial charge is 0.228 e. The van der Waals surface area contributed by atoms with Crippen molar-refractivity contribution in [1.82, 2.24) is 14.9 Å². The van der Waals surface area contributed by atoms with E-state index in [-0.39, 0.29) is 11.8 Å². The summed E-state index contributed by atoms with van der Waals surface area (Å²) < 4.78 is 5.34. The molecule has 130 valence electrons. The number of anilines is 2. The van der Waals surface area contributed by atoms with Crippen LogP contribution in [0.2, 0.25) is 0 Å². The van der Waals surface area contributed by atoms with Gasteiger partial charge in [-0.3, -0.25) is 4.79 Å². The fourth-order valence-electron chi connectivity index (χ4n) is 3.77. The summed E-state index contributed by atoms with van der Waals surface area (Å²) in [5.41, 5.74) is 0. The van der Waals surface area contributed by atoms with E-state index in [0.29, 0.717) is 6.61 Å². The van der Waals surface area contributed by atoms with E-state index >= 15 is 0 Å². The number of rotatable bonds is 3. The van der Waals surface area contributed by atoms with Crippen LogP contribution < -0.4 is 9.80 Å². The molecule has 24 heavy (non-hydrogen) atoms. The molecule has 0 N–H and O–H groups in total. The lowest BCUT2D eigenvalue weighted by Crippen LogP contribution is -2.50. The average molecular weight is 331 g/mol. The molecule has 0 bridgehead atoms. The van der Waals surface area contributed by atoms with Crippen molar-refractivity contribution in [1.29, 1.82) is 0 Å². The Morgan fingerprint density at radius 2 is 1.67 bits per heavy atom. The second kappa shape index (κ2) is 6.93. The SMILES string of the molecule is O=C(C1CCOC1)N1CCN(c2cc(N3CCCC3)ncn2)CC1. The second-order valence-electron chi connectivity index (χ2n) is 6.80. The Hall–Kier alpha value is -1.89. The van der Waals surface area contributed by atoms with Gasteiger partial charge >= 0.3 is 0 Å². The molecule has 3 aliphatic heterocycles. The van der Waals surface area contributed by atoms with Crippen molar-refractivity contribution in [3.8, 4) is 0 Å². The first-order chi connectivity index (χ1) is 11.8. The molecule has 3 saturated heterocycles. The van der Waals surface area contributed by atoms with Crippen LogP contribution in [0.1, 0.15) is 19.3 Å². The fraction of sp³-hybridized carbons (Fsp3) is 0.706. The maximum Gasteiger partial charge on any atom is 0.228 e. The van der Waals surface area contributed by atoms with Crippen LogP contribution in [0.25, 0.3) is 0 Å². The zero-order valence-electron chi connectivity index (χ0n) is 14.1.